The van der Waals surface area contributed by atoms with E-state index >= 15 is 0 Å². The van der Waals surface area contributed by atoms with E-state index in [0.717, 1.165) is 36.3 Å². The first-order valence-corrected chi connectivity index (χ1v) is 20.7. The van der Waals surface area contributed by atoms with Crippen LogP contribution in [0.3, 0.4) is 0 Å². The zero-order chi connectivity index (χ0) is 24.0. The van der Waals surface area contributed by atoms with Crippen molar-refractivity contribution in [3.05, 3.63) is 0 Å². The quantitative estimate of drug-likeness (QED) is 0.183. The first-order valence-electron chi connectivity index (χ1n) is 12.4. The third-order valence-electron chi connectivity index (χ3n) is 6.08. The summed E-state index contributed by atoms with van der Waals surface area (Å²) >= 11 is 0. The molecule has 0 atom stereocenters. The standard InChI is InChI=1S/C20H50O7Si4/c1-11-21-30(22-12-2,25-28(15-5,16-6)17-7)27-31(23-13-3,24-14-4)26-29(18-8,19-9)20-10/h11-20H2,1-10H3. The van der Waals surface area contributed by atoms with Crippen LogP contribution in [0.5, 0.6) is 0 Å². The Morgan fingerprint density at radius 3 is 0.742 bits per heavy atom. The lowest BCUT2D eigenvalue weighted by atomic mass is 10.9. The fourth-order valence-corrected chi connectivity index (χ4v) is 20.2. The Morgan fingerprint density at radius 1 is 0.355 bits per heavy atom. The van der Waals surface area contributed by atoms with Gasteiger partial charge in [0, 0.05) is 26.4 Å². The fourth-order valence-electron chi connectivity index (χ4n) is 3.68. The highest BCUT2D eigenvalue weighted by atomic mass is 28.5. The number of hydrogen-bond acceptors (Lipinski definition) is 7. The van der Waals surface area contributed by atoms with E-state index in [1.807, 2.05) is 27.7 Å². The van der Waals surface area contributed by atoms with Crippen molar-refractivity contribution >= 4 is 34.7 Å². The van der Waals surface area contributed by atoms with Crippen LogP contribution in [-0.4, -0.2) is 61.2 Å². The Labute approximate surface area is 196 Å². The predicted octanol–water partition coefficient (Wildman–Crippen LogP) is 6.06. The molecule has 0 unspecified atom stereocenters. The molecule has 0 radical (unpaired) electrons. The molecule has 0 aliphatic heterocycles. The van der Waals surface area contributed by atoms with Gasteiger partial charge in [-0.05, 0) is 64.0 Å². The van der Waals surface area contributed by atoms with Crippen LogP contribution in [0.4, 0.5) is 0 Å². The Morgan fingerprint density at radius 2 is 0.581 bits per heavy atom. The van der Waals surface area contributed by atoms with E-state index < -0.39 is 34.7 Å². The van der Waals surface area contributed by atoms with Gasteiger partial charge in [0.05, 0.1) is 0 Å². The third kappa shape index (κ3) is 9.04. The minimum atomic E-state index is -3.57. The Balaban J connectivity index is 6.45. The van der Waals surface area contributed by atoms with Gasteiger partial charge in [-0.2, -0.15) is 0 Å². The Hall–Kier alpha value is 0.588. The highest BCUT2D eigenvalue weighted by Gasteiger charge is 2.63. The molecule has 0 N–H and O–H groups in total. The second-order valence-electron chi connectivity index (χ2n) is 7.53. The van der Waals surface area contributed by atoms with E-state index in [1.54, 1.807) is 0 Å². The summed E-state index contributed by atoms with van der Waals surface area (Å²) in [5.74, 6) is 0. The van der Waals surface area contributed by atoms with Crippen LogP contribution < -0.4 is 0 Å². The summed E-state index contributed by atoms with van der Waals surface area (Å²) in [6, 6.07) is 5.80. The van der Waals surface area contributed by atoms with E-state index in [0.29, 0.717) is 26.4 Å². The summed E-state index contributed by atoms with van der Waals surface area (Å²) in [7, 11) is -11.3. The molecule has 31 heavy (non-hydrogen) atoms. The van der Waals surface area contributed by atoms with Gasteiger partial charge in [0.2, 0.25) is 0 Å². The molecule has 0 saturated heterocycles. The maximum Gasteiger partial charge on any atom is 0.663 e. The SMILES string of the molecule is CCO[Si](OCC)(O[Si](CC)(CC)CC)O[Si](OCC)(OCC)O[Si](CC)(CC)CC. The number of hydrogen-bond donors (Lipinski definition) is 0. The summed E-state index contributed by atoms with van der Waals surface area (Å²) in [5, 5.41) is 0. The van der Waals surface area contributed by atoms with Gasteiger partial charge in [-0.1, -0.05) is 41.5 Å². The van der Waals surface area contributed by atoms with Crippen molar-refractivity contribution in [1.29, 1.82) is 0 Å². The molecule has 7 nitrogen and oxygen atoms in total. The molecule has 0 heterocycles. The van der Waals surface area contributed by atoms with Crippen molar-refractivity contribution in [1.82, 2.24) is 0 Å². The molecule has 0 aliphatic rings. The second-order valence-corrected chi connectivity index (χ2v) is 22.1. The minimum Gasteiger partial charge on any atom is -0.394 e. The van der Waals surface area contributed by atoms with Crippen molar-refractivity contribution in [2.45, 2.75) is 106 Å². The Kier molecular flexibility index (Phi) is 15.8. The predicted molar refractivity (Wildman–Crippen MR) is 136 cm³/mol. The van der Waals surface area contributed by atoms with Crippen molar-refractivity contribution in [2.75, 3.05) is 26.4 Å². The van der Waals surface area contributed by atoms with Crippen molar-refractivity contribution in [2.24, 2.45) is 0 Å². The van der Waals surface area contributed by atoms with Gasteiger partial charge in [-0.25, -0.2) is 0 Å². The molecule has 11 heteroatoms. The maximum absolute atomic E-state index is 6.84. The summed E-state index contributed by atoms with van der Waals surface area (Å²) in [5.41, 5.74) is 0. The van der Waals surface area contributed by atoms with Gasteiger partial charge in [0.1, 0.15) is 0 Å². The normalized spacial score (nSPS) is 13.7. The lowest BCUT2D eigenvalue weighted by molar-refractivity contribution is -0.0273. The average Bonchev–Trinajstić information content (AvgIpc) is 2.77. The average molecular weight is 515 g/mol. The van der Waals surface area contributed by atoms with Crippen LogP contribution >= 0.6 is 0 Å². The molecule has 0 amide bonds. The summed E-state index contributed by atoms with van der Waals surface area (Å²) in [6.07, 6.45) is 0. The van der Waals surface area contributed by atoms with E-state index in [-0.39, 0.29) is 0 Å². The van der Waals surface area contributed by atoms with Crippen LogP contribution in [0, 0.1) is 0 Å². The van der Waals surface area contributed by atoms with Crippen LogP contribution in [0.25, 0.3) is 0 Å². The summed E-state index contributed by atoms with van der Waals surface area (Å²) in [4.78, 5) is 0. The third-order valence-corrected chi connectivity index (χ3v) is 23.8. The lowest BCUT2D eigenvalue weighted by Gasteiger charge is -2.43. The first kappa shape index (κ1) is 31.6. The lowest BCUT2D eigenvalue weighted by Crippen LogP contribution is -2.67. The molecule has 188 valence electrons. The minimum absolute atomic E-state index is 0.425. The molecule has 0 aromatic carbocycles. The van der Waals surface area contributed by atoms with Gasteiger partial charge in [-0.15, -0.1) is 0 Å². The van der Waals surface area contributed by atoms with Crippen LogP contribution in [0.1, 0.15) is 69.2 Å². The molecular formula is C20H50O7Si4. The zero-order valence-corrected chi connectivity index (χ0v) is 25.9. The summed E-state index contributed by atoms with van der Waals surface area (Å²) in [6.45, 7) is 22.6. The van der Waals surface area contributed by atoms with Crippen LogP contribution in [0.15, 0.2) is 0 Å². The van der Waals surface area contributed by atoms with E-state index in [1.165, 1.54) is 0 Å². The molecule has 0 saturated carbocycles. The van der Waals surface area contributed by atoms with Crippen molar-refractivity contribution < 1.29 is 30.0 Å². The Bertz CT molecular complexity index is 394. The topological polar surface area (TPSA) is 64.6 Å². The van der Waals surface area contributed by atoms with Gasteiger partial charge in [-0.3, -0.25) is 0 Å². The zero-order valence-electron chi connectivity index (χ0n) is 21.9. The summed E-state index contributed by atoms with van der Waals surface area (Å²) < 4.78 is 45.2. The van der Waals surface area contributed by atoms with Crippen LogP contribution in [-0.2, 0) is 30.0 Å². The molecular weight excluding hydrogens is 465 g/mol. The van der Waals surface area contributed by atoms with Gasteiger partial charge in [0.25, 0.3) is 0 Å². The van der Waals surface area contributed by atoms with E-state index in [4.69, 9.17) is 30.0 Å². The van der Waals surface area contributed by atoms with Crippen molar-refractivity contribution in [3.63, 3.8) is 0 Å². The van der Waals surface area contributed by atoms with E-state index in [9.17, 15) is 0 Å². The van der Waals surface area contributed by atoms with Gasteiger partial charge >= 0.3 is 18.1 Å². The molecule has 0 rings (SSSR count). The molecule has 0 bridgehead atoms. The molecule has 0 aromatic rings. The monoisotopic (exact) mass is 514 g/mol. The second kappa shape index (κ2) is 15.5. The molecule has 0 aromatic heterocycles. The first-order chi connectivity index (χ1) is 14.7. The molecule has 0 aliphatic carbocycles. The smallest absolute Gasteiger partial charge is 0.394 e. The maximum atomic E-state index is 6.84. The van der Waals surface area contributed by atoms with Crippen LogP contribution in [0.2, 0.25) is 36.3 Å². The van der Waals surface area contributed by atoms with Gasteiger partial charge in [0.15, 0.2) is 16.6 Å². The highest BCUT2D eigenvalue weighted by Crippen LogP contribution is 2.34. The molecule has 0 spiro atoms. The fraction of sp³-hybridized carbons (Fsp3) is 1.00. The number of rotatable bonds is 20. The van der Waals surface area contributed by atoms with E-state index in [2.05, 4.69) is 41.5 Å². The van der Waals surface area contributed by atoms with Gasteiger partial charge < -0.3 is 30.0 Å². The van der Waals surface area contributed by atoms with Crippen molar-refractivity contribution in [3.8, 4) is 0 Å². The largest absolute Gasteiger partial charge is 0.663 e. The molecule has 0 fully saturated rings. The highest BCUT2D eigenvalue weighted by molar-refractivity contribution is 6.85.